The van der Waals surface area contributed by atoms with Crippen molar-refractivity contribution in [2.45, 2.75) is 6.92 Å². The zero-order chi connectivity index (χ0) is 13.6. The van der Waals surface area contributed by atoms with Gasteiger partial charge in [0.1, 0.15) is 5.75 Å². The standard InChI is InChI=1S/C16H15NO2/c1-10-8-9-13(19-3)14-15(10)17(2)12-7-5-4-6-11(12)16(14)18/h4-9H,1-3H3. The van der Waals surface area contributed by atoms with Crippen LogP contribution in [-0.2, 0) is 7.05 Å². The first-order chi connectivity index (χ1) is 9.15. The molecule has 0 fully saturated rings. The lowest BCUT2D eigenvalue weighted by Crippen LogP contribution is -2.11. The van der Waals surface area contributed by atoms with Gasteiger partial charge in [-0.3, -0.25) is 4.79 Å². The van der Waals surface area contributed by atoms with Crippen molar-refractivity contribution < 1.29 is 4.74 Å². The van der Waals surface area contributed by atoms with Gasteiger partial charge in [0.2, 0.25) is 5.43 Å². The second kappa shape index (κ2) is 4.12. The number of pyridine rings is 1. The monoisotopic (exact) mass is 253 g/mol. The van der Waals surface area contributed by atoms with Crippen LogP contribution in [0.5, 0.6) is 5.75 Å². The van der Waals surface area contributed by atoms with E-state index in [1.54, 1.807) is 7.11 Å². The fourth-order valence-electron chi connectivity index (χ4n) is 2.71. The van der Waals surface area contributed by atoms with Gasteiger partial charge in [-0.05, 0) is 30.7 Å². The van der Waals surface area contributed by atoms with E-state index < -0.39 is 0 Å². The highest BCUT2D eigenvalue weighted by molar-refractivity contribution is 5.97. The van der Waals surface area contributed by atoms with Crippen LogP contribution in [0.15, 0.2) is 41.2 Å². The lowest BCUT2D eigenvalue weighted by atomic mass is 10.1. The van der Waals surface area contributed by atoms with E-state index in [4.69, 9.17) is 4.74 Å². The van der Waals surface area contributed by atoms with Gasteiger partial charge in [-0.25, -0.2) is 0 Å². The number of ether oxygens (including phenoxy) is 1. The molecule has 0 saturated heterocycles. The summed E-state index contributed by atoms with van der Waals surface area (Å²) in [6, 6.07) is 11.5. The van der Waals surface area contributed by atoms with E-state index in [2.05, 4.69) is 4.57 Å². The maximum Gasteiger partial charge on any atom is 0.200 e. The van der Waals surface area contributed by atoms with Crippen LogP contribution < -0.4 is 10.2 Å². The van der Waals surface area contributed by atoms with Gasteiger partial charge >= 0.3 is 0 Å². The van der Waals surface area contributed by atoms with Crippen molar-refractivity contribution in [1.82, 2.24) is 4.57 Å². The molecule has 0 radical (unpaired) electrons. The molecule has 3 heteroatoms. The molecular formula is C16H15NO2. The number of nitrogens with zero attached hydrogens (tertiary/aromatic N) is 1. The molecule has 3 nitrogen and oxygen atoms in total. The molecule has 3 aromatic rings. The maximum atomic E-state index is 12.7. The van der Waals surface area contributed by atoms with E-state index in [1.165, 1.54) is 0 Å². The molecule has 0 spiro atoms. The Morgan fingerprint density at radius 2 is 1.84 bits per heavy atom. The number of methoxy groups -OCH3 is 1. The number of hydrogen-bond acceptors (Lipinski definition) is 2. The molecule has 0 atom stereocenters. The fraction of sp³-hybridized carbons (Fsp3) is 0.188. The van der Waals surface area contributed by atoms with Crippen molar-refractivity contribution in [1.29, 1.82) is 0 Å². The Hall–Kier alpha value is -2.29. The molecule has 96 valence electrons. The average Bonchev–Trinajstić information content (AvgIpc) is 2.44. The molecule has 0 unspecified atom stereocenters. The molecule has 0 amide bonds. The minimum atomic E-state index is 0.0317. The third-order valence-corrected chi connectivity index (χ3v) is 3.63. The molecule has 19 heavy (non-hydrogen) atoms. The van der Waals surface area contributed by atoms with E-state index >= 15 is 0 Å². The zero-order valence-electron chi connectivity index (χ0n) is 11.2. The summed E-state index contributed by atoms with van der Waals surface area (Å²) >= 11 is 0. The van der Waals surface area contributed by atoms with Crippen molar-refractivity contribution in [2.24, 2.45) is 7.05 Å². The minimum absolute atomic E-state index is 0.0317. The Bertz CT molecular complexity index is 847. The van der Waals surface area contributed by atoms with E-state index in [0.717, 1.165) is 22.0 Å². The first-order valence-electron chi connectivity index (χ1n) is 6.20. The Labute approximate surface area is 111 Å². The molecular weight excluding hydrogens is 238 g/mol. The lowest BCUT2D eigenvalue weighted by Gasteiger charge is -2.14. The summed E-state index contributed by atoms with van der Waals surface area (Å²) in [6.07, 6.45) is 0. The molecule has 1 heterocycles. The molecule has 0 saturated carbocycles. The molecule has 3 rings (SSSR count). The van der Waals surface area contributed by atoms with E-state index in [0.29, 0.717) is 11.1 Å². The largest absolute Gasteiger partial charge is 0.496 e. The van der Waals surface area contributed by atoms with Crippen LogP contribution >= 0.6 is 0 Å². The number of aryl methyl sites for hydroxylation is 2. The number of hydrogen-bond donors (Lipinski definition) is 0. The smallest absolute Gasteiger partial charge is 0.200 e. The summed E-state index contributed by atoms with van der Waals surface area (Å²) in [5.74, 6) is 0.631. The quantitative estimate of drug-likeness (QED) is 0.624. The van der Waals surface area contributed by atoms with Crippen molar-refractivity contribution in [3.05, 3.63) is 52.2 Å². The summed E-state index contributed by atoms with van der Waals surface area (Å²) in [6.45, 7) is 2.01. The summed E-state index contributed by atoms with van der Waals surface area (Å²) in [5.41, 5.74) is 2.98. The average molecular weight is 253 g/mol. The summed E-state index contributed by atoms with van der Waals surface area (Å²) in [7, 11) is 3.58. The molecule has 0 N–H and O–H groups in total. The fourth-order valence-corrected chi connectivity index (χ4v) is 2.71. The highest BCUT2D eigenvalue weighted by Crippen LogP contribution is 2.27. The predicted molar refractivity (Wildman–Crippen MR) is 78.0 cm³/mol. The zero-order valence-corrected chi connectivity index (χ0v) is 11.2. The molecule has 0 aliphatic heterocycles. The molecule has 0 bridgehead atoms. The highest BCUT2D eigenvalue weighted by atomic mass is 16.5. The summed E-state index contributed by atoms with van der Waals surface area (Å²) in [4.78, 5) is 12.7. The Balaban J connectivity index is 2.71. The Kier molecular flexibility index (Phi) is 2.56. The van der Waals surface area contributed by atoms with Gasteiger partial charge in [-0.1, -0.05) is 18.2 Å². The van der Waals surface area contributed by atoms with E-state index in [-0.39, 0.29) is 5.43 Å². The van der Waals surface area contributed by atoms with Crippen molar-refractivity contribution in [2.75, 3.05) is 7.11 Å². The number of para-hydroxylation sites is 1. The van der Waals surface area contributed by atoms with Crippen LogP contribution in [0, 0.1) is 6.92 Å². The maximum absolute atomic E-state index is 12.7. The van der Waals surface area contributed by atoms with Gasteiger partial charge in [0.25, 0.3) is 0 Å². The highest BCUT2D eigenvalue weighted by Gasteiger charge is 2.14. The third kappa shape index (κ3) is 1.55. The molecule has 2 aromatic carbocycles. The molecule has 1 aromatic heterocycles. The Morgan fingerprint density at radius 3 is 2.58 bits per heavy atom. The van der Waals surface area contributed by atoms with Gasteiger partial charge in [0, 0.05) is 12.4 Å². The van der Waals surface area contributed by atoms with Crippen LogP contribution in [0.2, 0.25) is 0 Å². The number of benzene rings is 2. The predicted octanol–water partition coefficient (Wildman–Crippen LogP) is 3.01. The third-order valence-electron chi connectivity index (χ3n) is 3.63. The van der Waals surface area contributed by atoms with E-state index in [9.17, 15) is 4.79 Å². The van der Waals surface area contributed by atoms with Crippen molar-refractivity contribution in [3.63, 3.8) is 0 Å². The van der Waals surface area contributed by atoms with Gasteiger partial charge in [0.05, 0.1) is 23.5 Å². The topological polar surface area (TPSA) is 31.2 Å². The van der Waals surface area contributed by atoms with Crippen LogP contribution in [-0.4, -0.2) is 11.7 Å². The van der Waals surface area contributed by atoms with Gasteiger partial charge in [-0.15, -0.1) is 0 Å². The van der Waals surface area contributed by atoms with Crippen LogP contribution in [0.1, 0.15) is 5.56 Å². The Morgan fingerprint density at radius 1 is 1.11 bits per heavy atom. The van der Waals surface area contributed by atoms with Crippen molar-refractivity contribution >= 4 is 21.8 Å². The first-order valence-corrected chi connectivity index (χ1v) is 6.20. The molecule has 0 aliphatic rings. The second-order valence-corrected chi connectivity index (χ2v) is 4.71. The number of fused-ring (bicyclic) bond motifs is 2. The summed E-state index contributed by atoms with van der Waals surface area (Å²) in [5, 5.41) is 1.38. The van der Waals surface area contributed by atoms with Crippen molar-refractivity contribution in [3.8, 4) is 5.75 Å². The van der Waals surface area contributed by atoms with Gasteiger partial charge in [0.15, 0.2) is 0 Å². The van der Waals surface area contributed by atoms with E-state index in [1.807, 2.05) is 50.4 Å². The number of rotatable bonds is 1. The normalized spacial score (nSPS) is 11.1. The first kappa shape index (κ1) is 11.8. The minimum Gasteiger partial charge on any atom is -0.496 e. The van der Waals surface area contributed by atoms with Crippen LogP contribution in [0.25, 0.3) is 21.8 Å². The molecule has 0 aliphatic carbocycles. The second-order valence-electron chi connectivity index (χ2n) is 4.71. The summed E-state index contributed by atoms with van der Waals surface area (Å²) < 4.78 is 7.41. The van der Waals surface area contributed by atoms with Gasteiger partial charge < -0.3 is 9.30 Å². The lowest BCUT2D eigenvalue weighted by molar-refractivity contribution is 0.419. The van der Waals surface area contributed by atoms with Crippen LogP contribution in [0.3, 0.4) is 0 Å². The van der Waals surface area contributed by atoms with Crippen LogP contribution in [0.4, 0.5) is 0 Å². The SMILES string of the molecule is COc1ccc(C)c2c1c(=O)c1ccccc1n2C. The van der Waals surface area contributed by atoms with Gasteiger partial charge in [-0.2, -0.15) is 0 Å². The number of aromatic nitrogens is 1.